The number of hydrogen-bond donors (Lipinski definition) is 8. The van der Waals surface area contributed by atoms with Crippen LogP contribution < -0.4 is 27.8 Å². The van der Waals surface area contributed by atoms with Crippen molar-refractivity contribution in [2.24, 2.45) is 17.2 Å². The topological polar surface area (TPSA) is 305 Å². The number of ether oxygens (including phenoxy) is 4. The predicted molar refractivity (Wildman–Crippen MR) is 625 cm³/mol. The number of aliphatic hydroxyl groups excluding tert-OH is 3. The number of unbranched alkanes of at least 4 members (excludes halogenated alkanes) is 70. The lowest BCUT2D eigenvalue weighted by Crippen LogP contribution is -2.32. The highest BCUT2D eigenvalue weighted by molar-refractivity contribution is 9.09. The molecule has 1 aliphatic rings. The van der Waals surface area contributed by atoms with Crippen molar-refractivity contribution >= 4 is 124 Å². The number of nitrogens with zero attached hydrogens (tertiary/aromatic N) is 1. The second-order valence-electron chi connectivity index (χ2n) is 40.2. The van der Waals surface area contributed by atoms with Crippen LogP contribution in [0.1, 0.15) is 557 Å². The van der Waals surface area contributed by atoms with Gasteiger partial charge in [-0.3, -0.25) is 24.1 Å². The Labute approximate surface area is 907 Å². The summed E-state index contributed by atoms with van der Waals surface area (Å²) in [6.07, 6.45) is 99.2. The molecule has 0 radical (unpaired) electrons. The molecule has 834 valence electrons. The third-order valence-electron chi connectivity index (χ3n) is 24.4. The SMILES string of the molecule is Br.CC(C)(C)OC(=O)NCCCCCCCCCCCCCBr.COC(=O)CSCCCCCCCCCCCCCN.COC(=O)CSCCCCCCCCCCCCCNC(=O)OC(C)(C)C.NCCCCCCCCCCCCCBr.NCCCCCCCCCCCCCO.O=C1c2ccccc2C(=O)N1CCCCCCCCCCCCCO.OCCCCCCCCCCCCCBr. The minimum absolute atomic E-state index is 0. The van der Waals surface area contributed by atoms with Gasteiger partial charge in [0.25, 0.3) is 11.8 Å². The number of aliphatic hydroxyl groups is 3. The highest BCUT2D eigenvalue weighted by Crippen LogP contribution is 2.25. The number of fused-ring (bicyclic) bond motifs is 1. The first-order chi connectivity index (χ1) is 67.6. The van der Waals surface area contributed by atoms with E-state index in [1.165, 1.54) is 467 Å². The van der Waals surface area contributed by atoms with Gasteiger partial charge in [-0.2, -0.15) is 23.5 Å². The van der Waals surface area contributed by atoms with Gasteiger partial charge in [-0.05, 0) is 175 Å². The van der Waals surface area contributed by atoms with Crippen LogP contribution in [0.2, 0.25) is 0 Å². The van der Waals surface area contributed by atoms with Gasteiger partial charge in [0.1, 0.15) is 11.2 Å². The molecule has 11 N–H and O–H groups in total. The average molecular weight is 2280 g/mol. The first-order valence-electron chi connectivity index (χ1n) is 57.4. The van der Waals surface area contributed by atoms with E-state index in [4.69, 9.17) is 42.0 Å². The first-order valence-corrected chi connectivity index (χ1v) is 63.1. The maximum absolute atomic E-state index is 12.2. The highest BCUT2D eigenvalue weighted by Gasteiger charge is 2.34. The Balaban J connectivity index is -0.000000378. The molecule has 1 aromatic rings. The molecule has 1 heterocycles. The second-order valence-corrected chi connectivity index (χ2v) is 44.8. The lowest BCUT2D eigenvalue weighted by molar-refractivity contribution is -0.138. The molecule has 0 atom stereocenters. The lowest BCUT2D eigenvalue weighted by Gasteiger charge is -2.19. The first kappa shape index (κ1) is 149. The van der Waals surface area contributed by atoms with E-state index < -0.39 is 11.2 Å². The summed E-state index contributed by atoms with van der Waals surface area (Å²) in [6, 6.07) is 7.08. The van der Waals surface area contributed by atoms with Crippen molar-refractivity contribution in [3.63, 3.8) is 0 Å². The summed E-state index contributed by atoms with van der Waals surface area (Å²) in [6.45, 7) is 16.9. The number of amides is 4. The van der Waals surface area contributed by atoms with Crippen molar-refractivity contribution in [2.45, 2.75) is 547 Å². The number of esters is 2. The van der Waals surface area contributed by atoms with Crippen LogP contribution >= 0.6 is 88.3 Å². The number of hydrogen-bond acceptors (Lipinski definition) is 18. The molecule has 2 rings (SSSR count). The molecule has 0 fully saturated rings. The van der Waals surface area contributed by atoms with Gasteiger partial charge in [0.15, 0.2) is 0 Å². The van der Waals surface area contributed by atoms with Crippen molar-refractivity contribution in [2.75, 3.05) is 112 Å². The Bertz CT molecular complexity index is 2530. The second kappa shape index (κ2) is 126. The number of nitrogens with two attached hydrogens (primary N) is 3. The molecule has 0 bridgehead atoms. The Morgan fingerprint density at radius 3 is 0.679 bits per heavy atom. The maximum atomic E-state index is 12.2. The number of nitrogens with one attached hydrogen (secondary N) is 2. The molecule has 0 saturated heterocycles. The third-order valence-corrected chi connectivity index (χ3v) is 28.1. The number of alkyl carbamates (subject to hydrolysis) is 2. The number of thioether (sulfide) groups is 2. The van der Waals surface area contributed by atoms with Gasteiger partial charge < -0.3 is 62.1 Å². The van der Waals surface area contributed by atoms with E-state index in [-0.39, 0.29) is 52.9 Å². The molecule has 1 aliphatic heterocycles. The van der Waals surface area contributed by atoms with Gasteiger partial charge in [0.05, 0.1) is 36.9 Å². The predicted octanol–water partition coefficient (Wildman–Crippen LogP) is 33.7. The van der Waals surface area contributed by atoms with Gasteiger partial charge in [-0.15, -0.1) is 17.0 Å². The maximum Gasteiger partial charge on any atom is 0.407 e. The molecule has 0 unspecified atom stereocenters. The van der Waals surface area contributed by atoms with Crippen LogP contribution in [-0.2, 0) is 28.5 Å². The van der Waals surface area contributed by atoms with E-state index in [9.17, 15) is 28.8 Å². The summed E-state index contributed by atoms with van der Waals surface area (Å²) in [7, 11) is 2.88. The molecule has 0 spiro atoms. The van der Waals surface area contributed by atoms with Crippen LogP contribution in [-0.4, -0.2) is 180 Å². The number of benzene rings is 1. The number of carbonyl (C=O) groups is 6. The van der Waals surface area contributed by atoms with Gasteiger partial charge in [0.2, 0.25) is 0 Å². The lowest BCUT2D eigenvalue weighted by atomic mass is 10.1. The van der Waals surface area contributed by atoms with Gasteiger partial charge in [0, 0.05) is 55.4 Å². The van der Waals surface area contributed by atoms with Crippen LogP contribution in [0, 0.1) is 0 Å². The molecule has 1 aromatic carbocycles. The Kier molecular flexibility index (Phi) is 134. The summed E-state index contributed by atoms with van der Waals surface area (Å²) in [5, 5.41) is 35.0. The van der Waals surface area contributed by atoms with Crippen LogP contribution in [0.4, 0.5) is 9.59 Å². The number of rotatable bonds is 93. The Morgan fingerprint density at radius 1 is 0.300 bits per heavy atom. The zero-order valence-corrected chi connectivity index (χ0v) is 100. The third kappa shape index (κ3) is 129. The largest absolute Gasteiger partial charge is 0.468 e. The summed E-state index contributed by atoms with van der Waals surface area (Å²) in [5.41, 5.74) is 16.6. The molecule has 25 heteroatoms. The average Bonchev–Trinajstić information content (AvgIpc) is 1.64. The summed E-state index contributed by atoms with van der Waals surface area (Å²) in [4.78, 5) is 70.6. The van der Waals surface area contributed by atoms with Crippen LogP contribution in [0.15, 0.2) is 24.3 Å². The summed E-state index contributed by atoms with van der Waals surface area (Å²) >= 11 is 13.7. The molecule has 4 amide bonds. The normalized spacial score (nSPS) is 11.4. The zero-order chi connectivity index (χ0) is 103. The molecule has 0 saturated carbocycles. The Morgan fingerprint density at radius 2 is 0.486 bits per heavy atom. The minimum atomic E-state index is -0.423. The summed E-state index contributed by atoms with van der Waals surface area (Å²) in [5.74, 6) is 2.60. The van der Waals surface area contributed by atoms with Crippen molar-refractivity contribution in [3.8, 4) is 0 Å². The Hall–Kier alpha value is -1.78. The molecular formula is C115H226Br4N6O13S2. The zero-order valence-electron chi connectivity index (χ0n) is 92.0. The standard InChI is InChI=1S/C21H41NO4S.C21H31NO3.C18H36BrNO2.C16H33NO2S.C13H28BrN.C13H27BrO.C13H29NO.BrH/c1-21(2,3)26-20(24)22-16-14-12-10-8-6-5-7-9-11-13-15-17-27-18-19(23)25-4;23-17-13-9-7-5-3-1-2-4-6-8-12-16-22-20(24)18-14-10-11-15-19(18)21(22)25;1-18(2,3)22-17(21)20-16-14-12-10-8-6-4-5-7-9-11-13-15-19;1-19-16(18)15-20-14-12-10-8-6-4-2-3-5-7-9-11-13-17;3*14-12-10-8-6-4-2-1-3-5-7-9-11-13-15;/h5-18H2,1-4H3,(H,22,24);10-11,14-15,23H,1-9,12-13,16-17H2;4-16H2,1-3H3,(H,20,21);2-15,17H2,1H3;1-13,15H2;15H,1-13H2;15H,1-14H2;1H. The molecule has 19 nitrogen and oxygen atoms in total. The number of alkyl halides is 3. The van der Waals surface area contributed by atoms with E-state index >= 15 is 0 Å². The van der Waals surface area contributed by atoms with E-state index in [1.54, 1.807) is 47.8 Å². The smallest absolute Gasteiger partial charge is 0.407 e. The van der Waals surface area contributed by atoms with Crippen molar-refractivity contribution in [3.05, 3.63) is 35.4 Å². The molecule has 140 heavy (non-hydrogen) atoms. The monoisotopic (exact) mass is 2280 g/mol. The number of methoxy groups -OCH3 is 2. The van der Waals surface area contributed by atoms with Gasteiger partial charge in [-0.1, -0.05) is 464 Å². The van der Waals surface area contributed by atoms with Gasteiger partial charge in [-0.25, -0.2) is 9.59 Å². The fourth-order valence-corrected chi connectivity index (χ4v) is 18.9. The molecular weight excluding hydrogens is 2060 g/mol. The number of halogens is 4. The molecule has 0 aromatic heterocycles. The number of carbonyl (C=O) groups excluding carboxylic acids is 6. The fraction of sp³-hybridized carbons (Fsp3) is 0.896. The van der Waals surface area contributed by atoms with E-state index in [1.807, 2.05) is 41.5 Å². The quantitative estimate of drug-likeness (QED) is 0.00988. The van der Waals surface area contributed by atoms with E-state index in [2.05, 4.69) is 67.9 Å². The van der Waals surface area contributed by atoms with Crippen LogP contribution in [0.5, 0.6) is 0 Å². The van der Waals surface area contributed by atoms with Crippen LogP contribution in [0.3, 0.4) is 0 Å². The van der Waals surface area contributed by atoms with E-state index in [0.29, 0.717) is 55.5 Å². The van der Waals surface area contributed by atoms with Crippen molar-refractivity contribution in [1.29, 1.82) is 0 Å². The van der Waals surface area contributed by atoms with E-state index in [0.717, 1.165) is 99.7 Å². The van der Waals surface area contributed by atoms with Crippen LogP contribution in [0.25, 0.3) is 0 Å². The summed E-state index contributed by atoms with van der Waals surface area (Å²) < 4.78 is 19.6. The van der Waals surface area contributed by atoms with Gasteiger partial charge >= 0.3 is 24.1 Å². The fourth-order valence-electron chi connectivity index (χ4n) is 16.0. The molecule has 0 aliphatic carbocycles. The highest BCUT2D eigenvalue weighted by atomic mass is 79.9. The minimum Gasteiger partial charge on any atom is -0.468 e. The number of imide groups is 1. The van der Waals surface area contributed by atoms with Crippen molar-refractivity contribution < 1.29 is 63.0 Å². The van der Waals surface area contributed by atoms with Crippen molar-refractivity contribution in [1.82, 2.24) is 15.5 Å².